The van der Waals surface area contributed by atoms with Crippen LogP contribution in [-0.4, -0.2) is 30.8 Å². The summed E-state index contributed by atoms with van der Waals surface area (Å²) in [6.45, 7) is 0.874. The van der Waals surface area contributed by atoms with E-state index in [1.807, 2.05) is 29.2 Å². The van der Waals surface area contributed by atoms with Crippen LogP contribution in [0.4, 0.5) is 5.69 Å². The Morgan fingerprint density at radius 3 is 3.12 bits per heavy atom. The van der Waals surface area contributed by atoms with Crippen LogP contribution >= 0.6 is 0 Å². The number of esters is 1. The third-order valence-electron chi connectivity index (χ3n) is 3.15. The lowest BCUT2D eigenvalue weighted by Crippen LogP contribution is -2.36. The van der Waals surface area contributed by atoms with Gasteiger partial charge < -0.3 is 14.7 Å². The van der Waals surface area contributed by atoms with Crippen molar-refractivity contribution in [1.82, 2.24) is 0 Å². The zero-order valence-corrected chi connectivity index (χ0v) is 9.93. The van der Waals surface area contributed by atoms with E-state index in [-0.39, 0.29) is 18.6 Å². The molecule has 92 valence electrons. The van der Waals surface area contributed by atoms with Crippen molar-refractivity contribution in [2.24, 2.45) is 0 Å². The fraction of sp³-hybridized carbons (Fsp3) is 0.462. The van der Waals surface area contributed by atoms with Crippen LogP contribution in [0.2, 0.25) is 0 Å². The molecule has 1 saturated heterocycles. The van der Waals surface area contributed by atoms with E-state index in [0.29, 0.717) is 0 Å². The maximum Gasteiger partial charge on any atom is 0.328 e. The summed E-state index contributed by atoms with van der Waals surface area (Å²) in [5, 5.41) is 9.12. The van der Waals surface area contributed by atoms with Gasteiger partial charge in [-0.2, -0.15) is 0 Å². The number of anilines is 1. The van der Waals surface area contributed by atoms with Crippen molar-refractivity contribution >= 4 is 11.7 Å². The Kier molecular flexibility index (Phi) is 3.64. The maximum atomic E-state index is 11.6. The van der Waals surface area contributed by atoms with E-state index in [1.165, 1.54) is 7.11 Å². The summed E-state index contributed by atoms with van der Waals surface area (Å²) in [6.07, 6.45) is 1.82. The molecule has 1 aliphatic rings. The van der Waals surface area contributed by atoms with E-state index in [4.69, 9.17) is 9.84 Å². The highest BCUT2D eigenvalue weighted by Gasteiger charge is 2.31. The summed E-state index contributed by atoms with van der Waals surface area (Å²) < 4.78 is 4.81. The molecule has 0 spiro atoms. The lowest BCUT2D eigenvalue weighted by Gasteiger charge is -2.25. The molecule has 0 saturated carbocycles. The zero-order valence-electron chi connectivity index (χ0n) is 9.93. The van der Waals surface area contributed by atoms with Gasteiger partial charge in [0.1, 0.15) is 6.04 Å². The molecule has 0 aliphatic carbocycles. The number of benzene rings is 1. The first kappa shape index (κ1) is 11.9. The molecule has 1 aromatic carbocycles. The van der Waals surface area contributed by atoms with E-state index in [0.717, 1.165) is 30.6 Å². The molecule has 1 fully saturated rings. The lowest BCUT2D eigenvalue weighted by atomic mass is 10.1. The number of carbonyl (C=O) groups excluding carboxylic acids is 1. The highest BCUT2D eigenvalue weighted by atomic mass is 16.5. The first-order valence-corrected chi connectivity index (χ1v) is 5.80. The number of rotatable bonds is 3. The summed E-state index contributed by atoms with van der Waals surface area (Å²) in [5.41, 5.74) is 1.84. The molecular weight excluding hydrogens is 218 g/mol. The van der Waals surface area contributed by atoms with Crippen LogP contribution < -0.4 is 4.90 Å². The van der Waals surface area contributed by atoms with Crippen molar-refractivity contribution in [3.63, 3.8) is 0 Å². The van der Waals surface area contributed by atoms with Crippen LogP contribution in [0, 0.1) is 0 Å². The zero-order chi connectivity index (χ0) is 12.3. The van der Waals surface area contributed by atoms with Crippen molar-refractivity contribution in [3.8, 4) is 0 Å². The smallest absolute Gasteiger partial charge is 0.328 e. The normalized spacial score (nSPS) is 19.4. The third-order valence-corrected chi connectivity index (χ3v) is 3.15. The quantitative estimate of drug-likeness (QED) is 0.803. The second kappa shape index (κ2) is 5.19. The molecule has 0 radical (unpaired) electrons. The Morgan fingerprint density at radius 1 is 1.59 bits per heavy atom. The van der Waals surface area contributed by atoms with E-state index in [1.54, 1.807) is 0 Å². The molecule has 17 heavy (non-hydrogen) atoms. The SMILES string of the molecule is COC(=O)C1CCCN1c1cccc(CO)c1. The van der Waals surface area contributed by atoms with Gasteiger partial charge in [0.05, 0.1) is 13.7 Å². The number of carbonyl (C=O) groups is 1. The van der Waals surface area contributed by atoms with Gasteiger partial charge in [-0.25, -0.2) is 4.79 Å². The molecule has 0 aromatic heterocycles. The Labute approximate surface area is 101 Å². The van der Waals surface area contributed by atoms with Crippen LogP contribution in [0.3, 0.4) is 0 Å². The molecule has 1 N–H and O–H groups in total. The van der Waals surface area contributed by atoms with Gasteiger partial charge in [0.15, 0.2) is 0 Å². The maximum absolute atomic E-state index is 11.6. The monoisotopic (exact) mass is 235 g/mol. The van der Waals surface area contributed by atoms with Gasteiger partial charge in [-0.05, 0) is 30.5 Å². The number of hydrogen-bond donors (Lipinski definition) is 1. The van der Waals surface area contributed by atoms with Gasteiger partial charge in [-0.15, -0.1) is 0 Å². The number of methoxy groups -OCH3 is 1. The highest BCUT2D eigenvalue weighted by Crippen LogP contribution is 2.26. The Hall–Kier alpha value is -1.55. The molecular formula is C13H17NO3. The van der Waals surface area contributed by atoms with Gasteiger partial charge >= 0.3 is 5.97 Å². The van der Waals surface area contributed by atoms with Crippen LogP contribution in [0.1, 0.15) is 18.4 Å². The molecule has 1 unspecified atom stereocenters. The average Bonchev–Trinajstić information content (AvgIpc) is 2.87. The molecule has 1 aromatic rings. The van der Waals surface area contributed by atoms with Crippen LogP contribution in [0.15, 0.2) is 24.3 Å². The fourth-order valence-corrected chi connectivity index (χ4v) is 2.29. The number of hydrogen-bond acceptors (Lipinski definition) is 4. The number of nitrogens with zero attached hydrogens (tertiary/aromatic N) is 1. The molecule has 1 atom stereocenters. The van der Waals surface area contributed by atoms with Crippen molar-refractivity contribution in [2.45, 2.75) is 25.5 Å². The van der Waals surface area contributed by atoms with Crippen molar-refractivity contribution in [2.75, 3.05) is 18.6 Å². The van der Waals surface area contributed by atoms with E-state index in [9.17, 15) is 4.79 Å². The Bertz CT molecular complexity index is 405. The standard InChI is InChI=1S/C13H17NO3/c1-17-13(16)12-6-3-7-14(12)11-5-2-4-10(8-11)9-15/h2,4-5,8,12,15H,3,6-7,9H2,1H3. The van der Waals surface area contributed by atoms with Gasteiger partial charge in [0.25, 0.3) is 0 Å². The summed E-state index contributed by atoms with van der Waals surface area (Å²) >= 11 is 0. The third kappa shape index (κ3) is 2.42. The van der Waals surface area contributed by atoms with Crippen LogP contribution in [-0.2, 0) is 16.1 Å². The van der Waals surface area contributed by atoms with Gasteiger partial charge in [0, 0.05) is 12.2 Å². The molecule has 4 nitrogen and oxygen atoms in total. The second-order valence-corrected chi connectivity index (χ2v) is 4.20. The average molecular weight is 235 g/mol. The largest absolute Gasteiger partial charge is 0.467 e. The molecule has 1 aliphatic heterocycles. The predicted molar refractivity (Wildman–Crippen MR) is 64.7 cm³/mol. The summed E-state index contributed by atoms with van der Waals surface area (Å²) in [4.78, 5) is 13.7. The molecule has 0 amide bonds. The summed E-state index contributed by atoms with van der Waals surface area (Å²) in [6, 6.07) is 7.45. The minimum atomic E-state index is -0.186. The fourth-order valence-electron chi connectivity index (χ4n) is 2.29. The van der Waals surface area contributed by atoms with Gasteiger partial charge in [-0.1, -0.05) is 12.1 Å². The predicted octanol–water partition coefficient (Wildman–Crippen LogP) is 1.32. The lowest BCUT2D eigenvalue weighted by molar-refractivity contribution is -0.141. The summed E-state index contributed by atoms with van der Waals surface area (Å²) in [7, 11) is 1.42. The molecule has 1 heterocycles. The van der Waals surface area contributed by atoms with Crippen molar-refractivity contribution < 1.29 is 14.6 Å². The molecule has 4 heteroatoms. The Morgan fingerprint density at radius 2 is 2.41 bits per heavy atom. The van der Waals surface area contributed by atoms with Crippen LogP contribution in [0.25, 0.3) is 0 Å². The Balaban J connectivity index is 2.22. The summed E-state index contributed by atoms with van der Waals surface area (Å²) in [5.74, 6) is -0.183. The minimum absolute atomic E-state index is 0.0184. The van der Waals surface area contributed by atoms with E-state index < -0.39 is 0 Å². The van der Waals surface area contributed by atoms with E-state index >= 15 is 0 Å². The van der Waals surface area contributed by atoms with E-state index in [2.05, 4.69) is 0 Å². The number of ether oxygens (including phenoxy) is 1. The molecule has 0 bridgehead atoms. The number of aliphatic hydroxyl groups excluding tert-OH is 1. The number of aliphatic hydroxyl groups is 1. The van der Waals surface area contributed by atoms with Gasteiger partial charge in [0.2, 0.25) is 0 Å². The molecule has 2 rings (SSSR count). The highest BCUT2D eigenvalue weighted by molar-refractivity contribution is 5.80. The topological polar surface area (TPSA) is 49.8 Å². The van der Waals surface area contributed by atoms with Crippen molar-refractivity contribution in [1.29, 1.82) is 0 Å². The van der Waals surface area contributed by atoms with Crippen molar-refractivity contribution in [3.05, 3.63) is 29.8 Å². The van der Waals surface area contributed by atoms with Crippen LogP contribution in [0.5, 0.6) is 0 Å². The van der Waals surface area contributed by atoms with Gasteiger partial charge in [-0.3, -0.25) is 0 Å². The first-order valence-electron chi connectivity index (χ1n) is 5.80. The second-order valence-electron chi connectivity index (χ2n) is 4.20. The minimum Gasteiger partial charge on any atom is -0.467 e. The first-order chi connectivity index (χ1) is 8.26.